The fourth-order valence-corrected chi connectivity index (χ4v) is 7.92. The van der Waals surface area contributed by atoms with Gasteiger partial charge in [-0.15, -0.1) is 0 Å². The fraction of sp³-hybridized carbons (Fsp3) is 0.944. The monoisotopic (exact) mass is 1020 g/mol. The number of carbonyl (C=O) groups excluding carboxylic acids is 3. The first kappa shape index (κ1) is 67.2. The number of hydrogen-bond donors (Lipinski definition) is 0. The third-order valence-electron chi connectivity index (χ3n) is 12.0. The van der Waals surface area contributed by atoms with E-state index in [0.29, 0.717) is 0 Å². The van der Waals surface area contributed by atoms with Gasteiger partial charge in [0.05, 0.1) is 0 Å². The Morgan fingerprint density at radius 1 is 0.213 bits per heavy atom. The van der Waals surface area contributed by atoms with Crippen LogP contribution in [0.4, 0.5) is 0 Å². The van der Waals surface area contributed by atoms with Gasteiger partial charge in [0.15, 0.2) is 0 Å². The van der Waals surface area contributed by atoms with E-state index in [1.165, 1.54) is 250 Å². The minimum Gasteiger partial charge on any atom is -0.550 e. The zero-order chi connectivity index (χ0) is 44.7. The number of carboxylic acids is 3. The van der Waals surface area contributed by atoms with E-state index in [2.05, 4.69) is 20.8 Å². The van der Waals surface area contributed by atoms with Gasteiger partial charge in [-0.3, -0.25) is 0 Å². The topological polar surface area (TPSA) is 120 Å². The van der Waals surface area contributed by atoms with Crippen molar-refractivity contribution in [3.05, 3.63) is 0 Å². The molecule has 0 aromatic heterocycles. The van der Waals surface area contributed by atoms with Crippen molar-refractivity contribution in [3.63, 3.8) is 0 Å². The van der Waals surface area contributed by atoms with Crippen LogP contribution in [0.2, 0.25) is 0 Å². The van der Waals surface area contributed by atoms with Crippen LogP contribution in [0.1, 0.15) is 329 Å². The van der Waals surface area contributed by atoms with Crippen molar-refractivity contribution in [1.82, 2.24) is 0 Å². The molecule has 0 aromatic carbocycles. The number of hydrogen-bond acceptors (Lipinski definition) is 6. The molecule has 61 heavy (non-hydrogen) atoms. The molecular formula is C54H105O6Tm. The summed E-state index contributed by atoms with van der Waals surface area (Å²) in [6, 6.07) is 0. The van der Waals surface area contributed by atoms with E-state index in [1.807, 2.05) is 0 Å². The van der Waals surface area contributed by atoms with Gasteiger partial charge >= 0.3 is 36.9 Å². The number of rotatable bonds is 48. The maximum absolute atomic E-state index is 10.2. The maximum atomic E-state index is 10.2. The van der Waals surface area contributed by atoms with Gasteiger partial charge in [-0.2, -0.15) is 0 Å². The summed E-state index contributed by atoms with van der Waals surface area (Å²) in [4.78, 5) is 30.7. The second-order valence-corrected chi connectivity index (χ2v) is 18.2. The van der Waals surface area contributed by atoms with Crippen LogP contribution in [-0.2, 0) is 14.4 Å². The molecule has 0 amide bonds. The zero-order valence-electron chi connectivity index (χ0n) is 41.2. The predicted molar refractivity (Wildman–Crippen MR) is 254 cm³/mol. The molecular weight excluding hydrogens is 914 g/mol. The Bertz CT molecular complexity index is 717. The molecule has 0 heterocycles. The first-order chi connectivity index (χ1) is 29.3. The Hall–Kier alpha value is -0.356. The third kappa shape index (κ3) is 77.3. The molecule has 0 aliphatic carbocycles. The van der Waals surface area contributed by atoms with Crippen LogP contribution in [-0.4, -0.2) is 17.9 Å². The molecule has 0 saturated heterocycles. The van der Waals surface area contributed by atoms with Crippen LogP contribution < -0.4 is 15.3 Å². The summed E-state index contributed by atoms with van der Waals surface area (Å²) in [5, 5.41) is 30.7. The number of unbranched alkanes of at least 4 members (excludes halogenated alkanes) is 42. The minimum absolute atomic E-state index is 0. The molecule has 0 aromatic rings. The molecule has 0 spiro atoms. The largest absolute Gasteiger partial charge is 3.00 e. The van der Waals surface area contributed by atoms with Crippen molar-refractivity contribution < 1.29 is 66.6 Å². The minimum atomic E-state index is -0.903. The molecule has 0 radical (unpaired) electrons. The molecule has 0 atom stereocenters. The van der Waals surface area contributed by atoms with Crippen molar-refractivity contribution in [1.29, 1.82) is 0 Å². The van der Waals surface area contributed by atoms with Gasteiger partial charge in [0.25, 0.3) is 0 Å². The Kier molecular flexibility index (Phi) is 70.5. The van der Waals surface area contributed by atoms with Gasteiger partial charge in [0.1, 0.15) is 0 Å². The second-order valence-electron chi connectivity index (χ2n) is 18.2. The van der Waals surface area contributed by atoms with E-state index in [9.17, 15) is 29.7 Å². The summed E-state index contributed by atoms with van der Waals surface area (Å²) >= 11 is 0. The molecule has 0 saturated carbocycles. The molecule has 6 nitrogen and oxygen atoms in total. The summed E-state index contributed by atoms with van der Waals surface area (Å²) in [5.74, 6) is -2.71. The smallest absolute Gasteiger partial charge is 0.550 e. The van der Waals surface area contributed by atoms with Crippen LogP contribution in [0, 0.1) is 36.9 Å². The summed E-state index contributed by atoms with van der Waals surface area (Å²) in [5.41, 5.74) is 0. The molecule has 7 heteroatoms. The zero-order valence-corrected chi connectivity index (χ0v) is 42.9. The molecule has 370 valence electrons. The Balaban J connectivity index is -0.000000396. The standard InChI is InChI=1S/3C18H36O2.Tm/c3*1-2-3-4-5-6-7-8-9-10-11-12-13-14-15-16-17-18(19)20;/h3*2-17H2,1H3,(H,19,20);/q;;;+3/p-3. The van der Waals surface area contributed by atoms with Gasteiger partial charge in [0, 0.05) is 17.9 Å². The Morgan fingerprint density at radius 3 is 0.410 bits per heavy atom. The fourth-order valence-electron chi connectivity index (χ4n) is 7.92. The molecule has 0 bridgehead atoms. The van der Waals surface area contributed by atoms with Gasteiger partial charge in [-0.05, 0) is 38.5 Å². The van der Waals surface area contributed by atoms with Crippen molar-refractivity contribution in [2.75, 3.05) is 0 Å². The first-order valence-electron chi connectivity index (χ1n) is 26.9. The molecule has 0 aliphatic rings. The summed E-state index contributed by atoms with van der Waals surface area (Å²) in [6.07, 6.45) is 59.6. The van der Waals surface area contributed by atoms with Gasteiger partial charge < -0.3 is 29.7 Å². The normalized spacial score (nSPS) is 10.7. The van der Waals surface area contributed by atoms with Crippen LogP contribution in [0.5, 0.6) is 0 Å². The average Bonchev–Trinajstić information content (AvgIpc) is 3.22. The molecule has 0 rings (SSSR count). The van der Waals surface area contributed by atoms with Crippen LogP contribution in [0.15, 0.2) is 0 Å². The molecule has 0 N–H and O–H groups in total. The van der Waals surface area contributed by atoms with Crippen molar-refractivity contribution >= 4 is 17.9 Å². The van der Waals surface area contributed by atoms with E-state index in [1.54, 1.807) is 0 Å². The van der Waals surface area contributed by atoms with E-state index in [0.717, 1.165) is 38.5 Å². The Labute approximate surface area is 410 Å². The second kappa shape index (κ2) is 63.9. The van der Waals surface area contributed by atoms with E-state index in [-0.39, 0.29) is 56.1 Å². The first-order valence-corrected chi connectivity index (χ1v) is 26.9. The summed E-state index contributed by atoms with van der Waals surface area (Å²) in [7, 11) is 0. The number of aliphatic carboxylic acids is 3. The van der Waals surface area contributed by atoms with Crippen LogP contribution in [0.25, 0.3) is 0 Å². The summed E-state index contributed by atoms with van der Waals surface area (Å²) in [6.45, 7) is 6.80. The van der Waals surface area contributed by atoms with E-state index < -0.39 is 17.9 Å². The van der Waals surface area contributed by atoms with Crippen LogP contribution >= 0.6 is 0 Å². The molecule has 0 unspecified atom stereocenters. The third-order valence-corrected chi connectivity index (χ3v) is 12.0. The van der Waals surface area contributed by atoms with Gasteiger partial charge in [-0.25, -0.2) is 0 Å². The van der Waals surface area contributed by atoms with Gasteiger partial charge in [-0.1, -0.05) is 290 Å². The maximum Gasteiger partial charge on any atom is 3.00 e. The predicted octanol–water partition coefficient (Wildman–Crippen LogP) is 15.0. The average molecular weight is 1020 g/mol. The quantitative estimate of drug-likeness (QED) is 0.0560. The van der Waals surface area contributed by atoms with Gasteiger partial charge in [0.2, 0.25) is 0 Å². The van der Waals surface area contributed by atoms with Crippen molar-refractivity contribution in [3.8, 4) is 0 Å². The van der Waals surface area contributed by atoms with E-state index >= 15 is 0 Å². The van der Waals surface area contributed by atoms with Crippen molar-refractivity contribution in [2.24, 2.45) is 0 Å². The number of carboxylic acid groups (broad SMARTS) is 3. The number of carbonyl (C=O) groups is 3. The summed E-state index contributed by atoms with van der Waals surface area (Å²) < 4.78 is 0. The van der Waals surface area contributed by atoms with Crippen LogP contribution in [0.3, 0.4) is 0 Å². The molecule has 0 fully saturated rings. The van der Waals surface area contributed by atoms with Crippen molar-refractivity contribution in [2.45, 2.75) is 329 Å². The van der Waals surface area contributed by atoms with E-state index in [4.69, 9.17) is 0 Å². The SMILES string of the molecule is CCCCCCCCCCCCCCCCCC(=O)[O-].CCCCCCCCCCCCCCCCCC(=O)[O-].CCCCCCCCCCCCCCCCCC(=O)[O-].[Tm+3]. The molecule has 0 aliphatic heterocycles. The Morgan fingerprint density at radius 2 is 0.311 bits per heavy atom.